The standard InChI is InChI=1S/C12H21NO3S/c1-10(2)13-8-11-4-5-12(16-11)9-17(14)7-6-15-3/h4-5,10,13H,6-9H2,1-3H3. The predicted octanol–water partition coefficient (Wildman–Crippen LogP) is 1.67. The van der Waals surface area contributed by atoms with E-state index in [0.29, 0.717) is 30.7 Å². The molecule has 0 aliphatic rings. The Bertz CT molecular complexity index is 349. The average Bonchev–Trinajstić information content (AvgIpc) is 2.71. The highest BCUT2D eigenvalue weighted by atomic mass is 32.2. The second kappa shape index (κ2) is 7.63. The van der Waals surface area contributed by atoms with E-state index in [0.717, 1.165) is 11.5 Å². The zero-order valence-electron chi connectivity index (χ0n) is 10.7. The Hall–Kier alpha value is -0.650. The van der Waals surface area contributed by atoms with Crippen molar-refractivity contribution < 1.29 is 13.4 Å². The van der Waals surface area contributed by atoms with Crippen LogP contribution in [0.2, 0.25) is 0 Å². The molecule has 0 saturated heterocycles. The minimum absolute atomic E-state index is 0.430. The summed E-state index contributed by atoms with van der Waals surface area (Å²) in [6.45, 7) is 5.41. The Morgan fingerprint density at radius 1 is 1.41 bits per heavy atom. The van der Waals surface area contributed by atoms with Crippen LogP contribution in [0.4, 0.5) is 0 Å². The van der Waals surface area contributed by atoms with E-state index >= 15 is 0 Å². The van der Waals surface area contributed by atoms with Crippen LogP contribution in [-0.4, -0.2) is 29.7 Å². The lowest BCUT2D eigenvalue weighted by Crippen LogP contribution is -2.21. The van der Waals surface area contributed by atoms with Gasteiger partial charge in [0.25, 0.3) is 0 Å². The molecule has 0 bridgehead atoms. The summed E-state index contributed by atoms with van der Waals surface area (Å²) in [7, 11) is 0.701. The minimum Gasteiger partial charge on any atom is -0.464 e. The summed E-state index contributed by atoms with van der Waals surface area (Å²) < 4.78 is 22.1. The van der Waals surface area contributed by atoms with E-state index in [4.69, 9.17) is 9.15 Å². The lowest BCUT2D eigenvalue weighted by molar-refractivity contribution is 0.218. The highest BCUT2D eigenvalue weighted by molar-refractivity contribution is 7.84. The molecule has 1 unspecified atom stereocenters. The summed E-state index contributed by atoms with van der Waals surface area (Å²) in [6.07, 6.45) is 0. The number of nitrogens with one attached hydrogen (secondary N) is 1. The van der Waals surface area contributed by atoms with Crippen molar-refractivity contribution in [3.05, 3.63) is 23.7 Å². The maximum atomic E-state index is 11.6. The Labute approximate surface area is 105 Å². The third-order valence-electron chi connectivity index (χ3n) is 2.22. The van der Waals surface area contributed by atoms with Crippen LogP contribution in [0, 0.1) is 0 Å². The Balaban J connectivity index is 2.37. The van der Waals surface area contributed by atoms with Gasteiger partial charge in [0, 0.05) is 29.7 Å². The fraction of sp³-hybridized carbons (Fsp3) is 0.667. The van der Waals surface area contributed by atoms with E-state index in [1.807, 2.05) is 12.1 Å². The van der Waals surface area contributed by atoms with Crippen LogP contribution in [0.15, 0.2) is 16.5 Å². The van der Waals surface area contributed by atoms with Crippen molar-refractivity contribution in [2.24, 2.45) is 0 Å². The van der Waals surface area contributed by atoms with Crippen LogP contribution in [-0.2, 0) is 27.8 Å². The van der Waals surface area contributed by atoms with Crippen molar-refractivity contribution in [3.8, 4) is 0 Å². The molecule has 1 heterocycles. The largest absolute Gasteiger partial charge is 0.464 e. The maximum Gasteiger partial charge on any atom is 0.118 e. The number of hydrogen-bond acceptors (Lipinski definition) is 4. The first-order valence-electron chi connectivity index (χ1n) is 5.76. The normalized spacial score (nSPS) is 13.2. The molecule has 1 rings (SSSR count). The monoisotopic (exact) mass is 259 g/mol. The number of methoxy groups -OCH3 is 1. The van der Waals surface area contributed by atoms with Crippen LogP contribution in [0.3, 0.4) is 0 Å². The molecule has 1 N–H and O–H groups in total. The SMILES string of the molecule is COCCS(=O)Cc1ccc(CNC(C)C)o1. The topological polar surface area (TPSA) is 51.5 Å². The molecule has 0 aromatic carbocycles. The molecule has 0 radical (unpaired) electrons. The molecule has 0 amide bonds. The van der Waals surface area contributed by atoms with Gasteiger partial charge in [0.05, 0.1) is 18.9 Å². The van der Waals surface area contributed by atoms with Crippen molar-refractivity contribution in [1.82, 2.24) is 5.32 Å². The number of rotatable bonds is 8. The maximum absolute atomic E-state index is 11.6. The second-order valence-electron chi connectivity index (χ2n) is 4.18. The summed E-state index contributed by atoms with van der Waals surface area (Å²) in [5.74, 6) is 2.68. The van der Waals surface area contributed by atoms with Crippen molar-refractivity contribution in [2.45, 2.75) is 32.2 Å². The van der Waals surface area contributed by atoms with Gasteiger partial charge in [-0.05, 0) is 12.1 Å². The summed E-state index contributed by atoms with van der Waals surface area (Å²) in [4.78, 5) is 0. The molecule has 1 aromatic rings. The quantitative estimate of drug-likeness (QED) is 0.771. The van der Waals surface area contributed by atoms with Gasteiger partial charge >= 0.3 is 0 Å². The van der Waals surface area contributed by atoms with Gasteiger partial charge in [-0.15, -0.1) is 0 Å². The minimum atomic E-state index is -0.909. The molecule has 0 aliphatic carbocycles. The lowest BCUT2D eigenvalue weighted by Gasteiger charge is -2.05. The third-order valence-corrected chi connectivity index (χ3v) is 3.45. The van der Waals surface area contributed by atoms with Crippen molar-refractivity contribution in [2.75, 3.05) is 19.5 Å². The third kappa shape index (κ3) is 6.00. The van der Waals surface area contributed by atoms with Gasteiger partial charge in [-0.1, -0.05) is 13.8 Å². The Morgan fingerprint density at radius 3 is 2.76 bits per heavy atom. The summed E-state index contributed by atoms with van der Waals surface area (Å²) in [5, 5.41) is 3.27. The zero-order valence-corrected chi connectivity index (χ0v) is 11.5. The van der Waals surface area contributed by atoms with Crippen molar-refractivity contribution >= 4 is 10.8 Å². The summed E-state index contributed by atoms with van der Waals surface area (Å²) in [5.41, 5.74) is 0. The molecule has 4 nitrogen and oxygen atoms in total. The Morgan fingerprint density at radius 2 is 2.12 bits per heavy atom. The smallest absolute Gasteiger partial charge is 0.118 e. The van der Waals surface area contributed by atoms with E-state index in [1.165, 1.54) is 0 Å². The Kier molecular flexibility index (Phi) is 6.47. The highest BCUT2D eigenvalue weighted by Gasteiger charge is 2.07. The van der Waals surface area contributed by atoms with Gasteiger partial charge in [0.2, 0.25) is 0 Å². The second-order valence-corrected chi connectivity index (χ2v) is 5.76. The molecular weight excluding hydrogens is 238 g/mol. The zero-order chi connectivity index (χ0) is 12.7. The van der Waals surface area contributed by atoms with Crippen LogP contribution in [0.25, 0.3) is 0 Å². The molecule has 17 heavy (non-hydrogen) atoms. The van der Waals surface area contributed by atoms with Crippen molar-refractivity contribution in [1.29, 1.82) is 0 Å². The van der Waals surface area contributed by atoms with E-state index in [2.05, 4.69) is 19.2 Å². The van der Waals surface area contributed by atoms with Crippen LogP contribution in [0.5, 0.6) is 0 Å². The first-order valence-corrected chi connectivity index (χ1v) is 7.25. The lowest BCUT2D eigenvalue weighted by atomic mass is 10.3. The molecule has 0 fully saturated rings. The molecule has 98 valence electrons. The first kappa shape index (κ1) is 14.4. The van der Waals surface area contributed by atoms with E-state index in [-0.39, 0.29) is 0 Å². The van der Waals surface area contributed by atoms with Gasteiger partial charge in [-0.25, -0.2) is 0 Å². The summed E-state index contributed by atoms with van der Waals surface area (Å²) >= 11 is 0. The molecule has 0 spiro atoms. The molecule has 1 aromatic heterocycles. The van der Waals surface area contributed by atoms with Gasteiger partial charge < -0.3 is 14.5 Å². The summed E-state index contributed by atoms with van der Waals surface area (Å²) in [6, 6.07) is 4.25. The molecule has 1 atom stereocenters. The first-order chi connectivity index (χ1) is 8.11. The van der Waals surface area contributed by atoms with Crippen LogP contribution in [0.1, 0.15) is 25.4 Å². The van der Waals surface area contributed by atoms with Gasteiger partial charge in [0.1, 0.15) is 11.5 Å². The van der Waals surface area contributed by atoms with Crippen LogP contribution < -0.4 is 5.32 Å². The molecule has 5 heteroatoms. The molecule has 0 saturated carbocycles. The molecule has 0 aliphatic heterocycles. The van der Waals surface area contributed by atoms with Crippen LogP contribution >= 0.6 is 0 Å². The van der Waals surface area contributed by atoms with E-state index in [9.17, 15) is 4.21 Å². The van der Waals surface area contributed by atoms with E-state index in [1.54, 1.807) is 7.11 Å². The van der Waals surface area contributed by atoms with Gasteiger partial charge in [-0.3, -0.25) is 4.21 Å². The van der Waals surface area contributed by atoms with Gasteiger partial charge in [-0.2, -0.15) is 0 Å². The van der Waals surface area contributed by atoms with E-state index < -0.39 is 10.8 Å². The average molecular weight is 259 g/mol. The predicted molar refractivity (Wildman–Crippen MR) is 69.3 cm³/mol. The fourth-order valence-electron chi connectivity index (χ4n) is 1.31. The highest BCUT2D eigenvalue weighted by Crippen LogP contribution is 2.10. The van der Waals surface area contributed by atoms with Gasteiger partial charge in [0.15, 0.2) is 0 Å². The number of furan rings is 1. The number of hydrogen-bond donors (Lipinski definition) is 1. The molecular formula is C12H21NO3S. The fourth-order valence-corrected chi connectivity index (χ4v) is 2.28. The number of ether oxygens (including phenoxy) is 1. The van der Waals surface area contributed by atoms with Crippen molar-refractivity contribution in [3.63, 3.8) is 0 Å².